The molecule has 1 aromatic rings. The lowest BCUT2D eigenvalue weighted by Crippen LogP contribution is -2.46. The molecule has 3 rings (SSSR count). The van der Waals surface area contributed by atoms with Gasteiger partial charge in [-0.3, -0.25) is 4.99 Å². The molecule has 21 heavy (non-hydrogen) atoms. The van der Waals surface area contributed by atoms with Gasteiger partial charge < -0.3 is 10.6 Å². The molecule has 0 saturated heterocycles. The van der Waals surface area contributed by atoms with Crippen molar-refractivity contribution in [3.05, 3.63) is 34.6 Å². The van der Waals surface area contributed by atoms with E-state index >= 15 is 0 Å². The third-order valence-electron chi connectivity index (χ3n) is 4.55. The topological polar surface area (TPSA) is 36.4 Å². The molecule has 0 aromatic heterocycles. The van der Waals surface area contributed by atoms with Gasteiger partial charge in [-0.25, -0.2) is 4.39 Å². The van der Waals surface area contributed by atoms with Gasteiger partial charge in [-0.1, -0.05) is 30.5 Å². The minimum Gasteiger partial charge on any atom is -0.356 e. The van der Waals surface area contributed by atoms with E-state index in [0.717, 1.165) is 50.4 Å². The first-order valence-corrected chi connectivity index (χ1v) is 8.05. The lowest BCUT2D eigenvalue weighted by atomic mass is 9.78. The Bertz CT molecular complexity index is 538. The molecule has 1 fully saturated rings. The zero-order valence-corrected chi connectivity index (χ0v) is 12.8. The van der Waals surface area contributed by atoms with E-state index < -0.39 is 0 Å². The van der Waals surface area contributed by atoms with Crippen molar-refractivity contribution in [2.45, 2.75) is 37.5 Å². The number of guanidine groups is 1. The van der Waals surface area contributed by atoms with E-state index in [-0.39, 0.29) is 11.2 Å². The number of aliphatic imine (C=N–C) groups is 1. The van der Waals surface area contributed by atoms with Crippen molar-refractivity contribution in [3.63, 3.8) is 0 Å². The number of rotatable bonds is 3. The maximum absolute atomic E-state index is 13.3. The number of hydrogen-bond acceptors (Lipinski definition) is 3. The Balaban J connectivity index is 1.80. The van der Waals surface area contributed by atoms with E-state index in [9.17, 15) is 4.39 Å². The van der Waals surface area contributed by atoms with Crippen LogP contribution >= 0.6 is 11.6 Å². The highest BCUT2D eigenvalue weighted by Gasteiger charge is 2.37. The molecule has 2 aliphatic rings. The Hall–Kier alpha value is -1.29. The molecular weight excluding hydrogens is 289 g/mol. The van der Waals surface area contributed by atoms with Gasteiger partial charge in [0.2, 0.25) is 0 Å². The fourth-order valence-electron chi connectivity index (χ4n) is 3.42. The fourth-order valence-corrected chi connectivity index (χ4v) is 3.78. The first-order chi connectivity index (χ1) is 10.2. The number of nitrogens with one attached hydrogen (secondary N) is 2. The van der Waals surface area contributed by atoms with Crippen LogP contribution in [0.15, 0.2) is 23.2 Å². The highest BCUT2D eigenvalue weighted by Crippen LogP contribution is 2.43. The molecule has 3 nitrogen and oxygen atoms in total. The van der Waals surface area contributed by atoms with Gasteiger partial charge in [0, 0.05) is 30.1 Å². The molecule has 114 valence electrons. The Kier molecular flexibility index (Phi) is 4.34. The van der Waals surface area contributed by atoms with Crippen molar-refractivity contribution < 1.29 is 4.39 Å². The second-order valence-corrected chi connectivity index (χ2v) is 6.38. The van der Waals surface area contributed by atoms with Gasteiger partial charge in [-0.05, 0) is 37.0 Å². The summed E-state index contributed by atoms with van der Waals surface area (Å²) in [5.41, 5.74) is 1.05. The quantitative estimate of drug-likeness (QED) is 0.899. The normalized spacial score (nSPS) is 20.8. The SMILES string of the molecule is Fc1ccc(C2(CNC3=NCCCN3)CCCC2)c(Cl)c1. The molecule has 0 spiro atoms. The average molecular weight is 310 g/mol. The molecule has 1 aliphatic carbocycles. The zero-order valence-electron chi connectivity index (χ0n) is 12.1. The van der Waals surface area contributed by atoms with Crippen LogP contribution < -0.4 is 10.6 Å². The van der Waals surface area contributed by atoms with E-state index in [2.05, 4.69) is 15.6 Å². The van der Waals surface area contributed by atoms with Crippen LogP contribution in [0.4, 0.5) is 4.39 Å². The van der Waals surface area contributed by atoms with Gasteiger partial charge in [0.25, 0.3) is 0 Å². The Morgan fingerprint density at radius 1 is 1.29 bits per heavy atom. The first-order valence-electron chi connectivity index (χ1n) is 7.67. The van der Waals surface area contributed by atoms with Crippen LogP contribution in [0.1, 0.15) is 37.7 Å². The van der Waals surface area contributed by atoms with Crippen molar-refractivity contribution in [1.29, 1.82) is 0 Å². The van der Waals surface area contributed by atoms with Crippen LogP contribution in [0.5, 0.6) is 0 Å². The smallest absolute Gasteiger partial charge is 0.191 e. The van der Waals surface area contributed by atoms with Crippen LogP contribution in [0.25, 0.3) is 0 Å². The molecule has 2 N–H and O–H groups in total. The van der Waals surface area contributed by atoms with Gasteiger partial charge in [-0.2, -0.15) is 0 Å². The third kappa shape index (κ3) is 3.15. The summed E-state index contributed by atoms with van der Waals surface area (Å²) in [6, 6.07) is 4.78. The highest BCUT2D eigenvalue weighted by molar-refractivity contribution is 6.31. The molecule has 0 amide bonds. The summed E-state index contributed by atoms with van der Waals surface area (Å²) in [5, 5.41) is 7.25. The van der Waals surface area contributed by atoms with E-state index in [1.54, 1.807) is 0 Å². The number of nitrogens with zero attached hydrogens (tertiary/aromatic N) is 1. The van der Waals surface area contributed by atoms with Crippen LogP contribution in [-0.2, 0) is 5.41 Å². The molecule has 0 radical (unpaired) electrons. The number of benzene rings is 1. The van der Waals surface area contributed by atoms with Gasteiger partial charge in [0.05, 0.1) is 0 Å². The molecule has 0 unspecified atom stereocenters. The van der Waals surface area contributed by atoms with Crippen molar-refractivity contribution in [1.82, 2.24) is 10.6 Å². The maximum atomic E-state index is 13.3. The number of halogens is 2. The fraction of sp³-hybridized carbons (Fsp3) is 0.562. The van der Waals surface area contributed by atoms with Gasteiger partial charge in [0.15, 0.2) is 5.96 Å². The molecule has 1 aliphatic heterocycles. The van der Waals surface area contributed by atoms with Gasteiger partial charge in [-0.15, -0.1) is 0 Å². The summed E-state index contributed by atoms with van der Waals surface area (Å²) in [4.78, 5) is 4.45. The largest absolute Gasteiger partial charge is 0.356 e. The lowest BCUT2D eigenvalue weighted by Gasteiger charge is -2.32. The average Bonchev–Trinajstić information content (AvgIpc) is 2.96. The van der Waals surface area contributed by atoms with E-state index in [0.29, 0.717) is 5.02 Å². The van der Waals surface area contributed by atoms with Crippen molar-refractivity contribution in [3.8, 4) is 0 Å². The van der Waals surface area contributed by atoms with Crippen molar-refractivity contribution >= 4 is 17.6 Å². The third-order valence-corrected chi connectivity index (χ3v) is 4.87. The Morgan fingerprint density at radius 3 is 2.76 bits per heavy atom. The first kappa shape index (κ1) is 14.6. The molecule has 1 heterocycles. The van der Waals surface area contributed by atoms with E-state index in [1.807, 2.05) is 6.07 Å². The van der Waals surface area contributed by atoms with E-state index in [4.69, 9.17) is 11.6 Å². The monoisotopic (exact) mass is 309 g/mol. The molecule has 5 heteroatoms. The summed E-state index contributed by atoms with van der Waals surface area (Å²) in [6.45, 7) is 2.64. The Labute approximate surface area is 130 Å². The minimum absolute atomic E-state index is 0.00751. The van der Waals surface area contributed by atoms with Gasteiger partial charge in [0.1, 0.15) is 5.82 Å². The van der Waals surface area contributed by atoms with E-state index in [1.165, 1.54) is 25.0 Å². The predicted molar refractivity (Wildman–Crippen MR) is 84.5 cm³/mol. The van der Waals surface area contributed by atoms with Gasteiger partial charge >= 0.3 is 0 Å². The van der Waals surface area contributed by atoms with Crippen LogP contribution in [0.3, 0.4) is 0 Å². The summed E-state index contributed by atoms with van der Waals surface area (Å²) < 4.78 is 13.3. The van der Waals surface area contributed by atoms with Crippen LogP contribution in [-0.4, -0.2) is 25.6 Å². The summed E-state index contributed by atoms with van der Waals surface area (Å²) in [6.07, 6.45) is 5.63. The van der Waals surface area contributed by atoms with Crippen LogP contribution in [0.2, 0.25) is 5.02 Å². The van der Waals surface area contributed by atoms with Crippen LogP contribution in [0, 0.1) is 5.82 Å². The molecule has 0 atom stereocenters. The zero-order chi connectivity index (χ0) is 14.7. The molecule has 1 aromatic carbocycles. The maximum Gasteiger partial charge on any atom is 0.191 e. The lowest BCUT2D eigenvalue weighted by molar-refractivity contribution is 0.430. The predicted octanol–water partition coefficient (Wildman–Crippen LogP) is 3.23. The second-order valence-electron chi connectivity index (χ2n) is 5.98. The Morgan fingerprint density at radius 2 is 2.10 bits per heavy atom. The molecule has 1 saturated carbocycles. The number of hydrogen-bond donors (Lipinski definition) is 2. The minimum atomic E-state index is -0.275. The second kappa shape index (κ2) is 6.22. The van der Waals surface area contributed by atoms with Crippen molar-refractivity contribution in [2.24, 2.45) is 4.99 Å². The summed E-state index contributed by atoms with van der Waals surface area (Å²) >= 11 is 6.31. The summed E-state index contributed by atoms with van der Waals surface area (Å²) in [7, 11) is 0. The summed E-state index contributed by atoms with van der Waals surface area (Å²) in [5.74, 6) is 0.605. The van der Waals surface area contributed by atoms with Crippen molar-refractivity contribution in [2.75, 3.05) is 19.6 Å². The highest BCUT2D eigenvalue weighted by atomic mass is 35.5. The standard InChI is InChI=1S/C16H21ClFN3/c17-14-10-12(18)4-5-13(14)16(6-1-2-7-16)11-21-15-19-8-3-9-20-15/h4-5,10H,1-3,6-9,11H2,(H2,19,20,21). The molecular formula is C16H21ClFN3. The molecule has 0 bridgehead atoms.